The molecule has 0 spiro atoms. The molecule has 2 fully saturated rings. The van der Waals surface area contributed by atoms with E-state index in [0.717, 1.165) is 19.3 Å². The number of rotatable bonds is 3. The Morgan fingerprint density at radius 1 is 1.40 bits per heavy atom. The van der Waals surface area contributed by atoms with Crippen LogP contribution in [-0.2, 0) is 19.0 Å². The zero-order valence-electron chi connectivity index (χ0n) is 9.27. The van der Waals surface area contributed by atoms with E-state index in [1.807, 2.05) is 6.92 Å². The molecule has 4 nitrogen and oxygen atoms in total. The van der Waals surface area contributed by atoms with Crippen LogP contribution in [-0.4, -0.2) is 31.1 Å². The van der Waals surface area contributed by atoms with Crippen molar-refractivity contribution in [2.45, 2.75) is 51.6 Å². The van der Waals surface area contributed by atoms with E-state index in [1.54, 1.807) is 0 Å². The van der Waals surface area contributed by atoms with Crippen LogP contribution >= 0.6 is 0 Å². The average molecular weight is 214 g/mol. The summed E-state index contributed by atoms with van der Waals surface area (Å²) in [6, 6.07) is 0. The minimum Gasteiger partial charge on any atom is -0.462 e. The van der Waals surface area contributed by atoms with Gasteiger partial charge in [0.2, 0.25) is 0 Å². The molecule has 1 heterocycles. The van der Waals surface area contributed by atoms with Crippen molar-refractivity contribution in [1.29, 1.82) is 0 Å². The van der Waals surface area contributed by atoms with Gasteiger partial charge in [0.1, 0.15) is 6.10 Å². The first-order valence-electron chi connectivity index (χ1n) is 5.63. The molecule has 0 bridgehead atoms. The Hall–Kier alpha value is -0.610. The van der Waals surface area contributed by atoms with E-state index in [-0.39, 0.29) is 24.5 Å². The molecule has 2 aliphatic rings. The number of carbonyl (C=O) groups is 1. The molecule has 15 heavy (non-hydrogen) atoms. The summed E-state index contributed by atoms with van der Waals surface area (Å²) in [5, 5.41) is 0. The Kier molecular flexibility index (Phi) is 3.26. The molecule has 0 amide bonds. The molecule has 86 valence electrons. The Morgan fingerprint density at radius 3 is 2.80 bits per heavy atom. The van der Waals surface area contributed by atoms with Gasteiger partial charge in [-0.15, -0.1) is 0 Å². The van der Waals surface area contributed by atoms with Crippen LogP contribution in [0.5, 0.6) is 0 Å². The lowest BCUT2D eigenvalue weighted by Crippen LogP contribution is -2.18. The molecule has 0 N–H and O–H groups in total. The quantitative estimate of drug-likeness (QED) is 0.667. The van der Waals surface area contributed by atoms with Crippen LogP contribution in [0.1, 0.15) is 33.1 Å². The molecule has 1 saturated heterocycles. The Balaban J connectivity index is 1.80. The largest absolute Gasteiger partial charge is 0.462 e. The first-order valence-corrected chi connectivity index (χ1v) is 5.63. The topological polar surface area (TPSA) is 44.8 Å². The smallest absolute Gasteiger partial charge is 0.302 e. The van der Waals surface area contributed by atoms with Gasteiger partial charge in [-0.1, -0.05) is 0 Å². The highest BCUT2D eigenvalue weighted by Crippen LogP contribution is 2.40. The first-order chi connectivity index (χ1) is 7.19. The van der Waals surface area contributed by atoms with Crippen LogP contribution in [0.4, 0.5) is 0 Å². The van der Waals surface area contributed by atoms with Crippen molar-refractivity contribution in [3.63, 3.8) is 0 Å². The highest BCUT2D eigenvalue weighted by Gasteiger charge is 2.44. The van der Waals surface area contributed by atoms with Crippen LogP contribution < -0.4 is 0 Å². The summed E-state index contributed by atoms with van der Waals surface area (Å²) in [4.78, 5) is 10.8. The van der Waals surface area contributed by atoms with Crippen molar-refractivity contribution in [2.75, 3.05) is 6.61 Å². The number of ether oxygens (including phenoxy) is 3. The van der Waals surface area contributed by atoms with E-state index in [0.29, 0.717) is 12.5 Å². The van der Waals surface area contributed by atoms with Crippen molar-refractivity contribution in [1.82, 2.24) is 0 Å². The van der Waals surface area contributed by atoms with Crippen LogP contribution in [0.3, 0.4) is 0 Å². The predicted octanol–water partition coefficient (Wildman–Crippen LogP) is 1.48. The van der Waals surface area contributed by atoms with Gasteiger partial charge in [0.05, 0.1) is 6.10 Å². The third kappa shape index (κ3) is 2.49. The maximum atomic E-state index is 10.8. The molecule has 0 aromatic rings. The number of hydrogen-bond donors (Lipinski definition) is 0. The Labute approximate surface area is 89.9 Å². The third-order valence-corrected chi connectivity index (χ3v) is 3.09. The molecule has 2 rings (SSSR count). The molecular formula is C11H18O4. The van der Waals surface area contributed by atoms with Gasteiger partial charge < -0.3 is 14.2 Å². The summed E-state index contributed by atoms with van der Waals surface area (Å²) in [5.41, 5.74) is 0. The van der Waals surface area contributed by atoms with Gasteiger partial charge in [-0.2, -0.15) is 0 Å². The van der Waals surface area contributed by atoms with Crippen LogP contribution in [0.2, 0.25) is 0 Å². The van der Waals surface area contributed by atoms with Gasteiger partial charge in [-0.25, -0.2) is 0 Å². The standard InChI is InChI=1S/C11H18O4/c1-3-13-11-5-8-4-9(14-7(2)12)6-10(8)15-11/h8-11H,3-6H2,1-2H3. The normalized spacial score (nSPS) is 39.1. The van der Waals surface area contributed by atoms with E-state index in [9.17, 15) is 4.79 Å². The van der Waals surface area contributed by atoms with Crippen LogP contribution in [0.25, 0.3) is 0 Å². The second kappa shape index (κ2) is 4.49. The summed E-state index contributed by atoms with van der Waals surface area (Å²) in [5.74, 6) is 0.312. The van der Waals surface area contributed by atoms with Crippen molar-refractivity contribution in [2.24, 2.45) is 5.92 Å². The van der Waals surface area contributed by atoms with E-state index in [1.165, 1.54) is 6.92 Å². The zero-order valence-corrected chi connectivity index (χ0v) is 9.27. The van der Waals surface area contributed by atoms with Gasteiger partial charge in [-0.3, -0.25) is 4.79 Å². The number of fused-ring (bicyclic) bond motifs is 1. The molecule has 4 heteroatoms. The summed E-state index contributed by atoms with van der Waals surface area (Å²) in [7, 11) is 0. The fourth-order valence-corrected chi connectivity index (χ4v) is 2.57. The fourth-order valence-electron chi connectivity index (χ4n) is 2.57. The molecular weight excluding hydrogens is 196 g/mol. The van der Waals surface area contributed by atoms with Crippen LogP contribution in [0.15, 0.2) is 0 Å². The highest BCUT2D eigenvalue weighted by atomic mass is 16.7. The van der Waals surface area contributed by atoms with Crippen molar-refractivity contribution in [3.8, 4) is 0 Å². The summed E-state index contributed by atoms with van der Waals surface area (Å²) in [6.07, 6.45) is 2.94. The van der Waals surface area contributed by atoms with E-state index in [4.69, 9.17) is 14.2 Å². The predicted molar refractivity (Wildman–Crippen MR) is 53.2 cm³/mol. The summed E-state index contributed by atoms with van der Waals surface area (Å²) in [6.45, 7) is 4.12. The maximum absolute atomic E-state index is 10.8. The maximum Gasteiger partial charge on any atom is 0.302 e. The van der Waals surface area contributed by atoms with Crippen molar-refractivity contribution >= 4 is 5.97 Å². The van der Waals surface area contributed by atoms with Gasteiger partial charge in [0, 0.05) is 26.4 Å². The van der Waals surface area contributed by atoms with E-state index in [2.05, 4.69) is 0 Å². The number of esters is 1. The average Bonchev–Trinajstić information content (AvgIpc) is 2.60. The lowest BCUT2D eigenvalue weighted by Gasteiger charge is -2.15. The Bertz CT molecular complexity index is 227. The van der Waals surface area contributed by atoms with E-state index < -0.39 is 0 Å². The molecule has 1 saturated carbocycles. The van der Waals surface area contributed by atoms with Gasteiger partial charge in [0.15, 0.2) is 6.29 Å². The minimum atomic E-state index is -0.193. The summed E-state index contributed by atoms with van der Waals surface area (Å²) >= 11 is 0. The summed E-state index contributed by atoms with van der Waals surface area (Å²) < 4.78 is 16.3. The molecule has 1 aliphatic heterocycles. The second-order valence-corrected chi connectivity index (χ2v) is 4.26. The number of carbonyl (C=O) groups excluding carboxylic acids is 1. The lowest BCUT2D eigenvalue weighted by molar-refractivity contribution is -0.150. The van der Waals surface area contributed by atoms with E-state index >= 15 is 0 Å². The van der Waals surface area contributed by atoms with Gasteiger partial charge in [0.25, 0.3) is 0 Å². The van der Waals surface area contributed by atoms with Gasteiger partial charge >= 0.3 is 5.97 Å². The molecule has 0 aromatic carbocycles. The lowest BCUT2D eigenvalue weighted by atomic mass is 10.0. The minimum absolute atomic E-state index is 0.0386. The molecule has 0 radical (unpaired) electrons. The van der Waals surface area contributed by atoms with Crippen LogP contribution in [0, 0.1) is 5.92 Å². The molecule has 0 aromatic heterocycles. The molecule has 1 aliphatic carbocycles. The molecule has 4 unspecified atom stereocenters. The fraction of sp³-hybridized carbons (Fsp3) is 0.909. The zero-order chi connectivity index (χ0) is 10.8. The van der Waals surface area contributed by atoms with Gasteiger partial charge in [-0.05, 0) is 19.3 Å². The SMILES string of the molecule is CCOC1CC2CC(OC(C)=O)CC2O1. The molecule has 4 atom stereocenters. The van der Waals surface area contributed by atoms with Crippen molar-refractivity contribution in [3.05, 3.63) is 0 Å². The number of hydrogen-bond acceptors (Lipinski definition) is 4. The Morgan fingerprint density at radius 2 is 2.20 bits per heavy atom. The first kappa shape index (κ1) is 10.9. The van der Waals surface area contributed by atoms with Crippen molar-refractivity contribution < 1.29 is 19.0 Å². The third-order valence-electron chi connectivity index (χ3n) is 3.09. The highest BCUT2D eigenvalue weighted by molar-refractivity contribution is 5.66. The second-order valence-electron chi connectivity index (χ2n) is 4.26. The monoisotopic (exact) mass is 214 g/mol.